The van der Waals surface area contributed by atoms with Gasteiger partial charge in [0, 0.05) is 36.6 Å². The second-order valence-corrected chi connectivity index (χ2v) is 8.12. The Labute approximate surface area is 169 Å². The largest absolute Gasteiger partial charge is 0.372 e. The molecule has 2 aromatic carbocycles. The molecule has 1 heterocycles. The number of carbonyl (C=O) groups excluding carboxylic acids is 1. The number of thioether (sulfide) groups is 1. The van der Waals surface area contributed by atoms with Crippen LogP contribution < -0.4 is 4.90 Å². The first-order chi connectivity index (χ1) is 12.5. The van der Waals surface area contributed by atoms with Crippen molar-refractivity contribution in [1.82, 2.24) is 4.90 Å². The average molecular weight is 409 g/mol. The molecule has 138 valence electrons. The monoisotopic (exact) mass is 408 g/mol. The van der Waals surface area contributed by atoms with Crippen LogP contribution in [-0.4, -0.2) is 36.2 Å². The van der Waals surface area contributed by atoms with Crippen LogP contribution in [0.25, 0.3) is 0 Å². The van der Waals surface area contributed by atoms with E-state index in [0.717, 1.165) is 31.0 Å². The number of nitrogens with zero attached hydrogens (tertiary/aromatic N) is 2. The lowest BCUT2D eigenvalue weighted by Crippen LogP contribution is -2.30. The van der Waals surface area contributed by atoms with E-state index in [0.29, 0.717) is 15.6 Å². The Morgan fingerprint density at radius 3 is 2.42 bits per heavy atom. The Hall–Kier alpha value is -1.36. The minimum atomic E-state index is -0.00798. The maximum absolute atomic E-state index is 13.0. The van der Waals surface area contributed by atoms with Gasteiger partial charge in [-0.2, -0.15) is 0 Å². The van der Waals surface area contributed by atoms with Gasteiger partial charge >= 0.3 is 0 Å². The molecular weight excluding hydrogens is 387 g/mol. The van der Waals surface area contributed by atoms with Crippen LogP contribution in [0.5, 0.6) is 0 Å². The van der Waals surface area contributed by atoms with E-state index < -0.39 is 0 Å². The summed E-state index contributed by atoms with van der Waals surface area (Å²) in [4.78, 5) is 17.2. The summed E-state index contributed by atoms with van der Waals surface area (Å²) in [5, 5.41) is 0.898. The molecule has 6 heteroatoms. The van der Waals surface area contributed by atoms with Crippen molar-refractivity contribution in [1.29, 1.82) is 0 Å². The summed E-state index contributed by atoms with van der Waals surface area (Å²) in [6.45, 7) is 7.00. The first kappa shape index (κ1) is 19.4. The van der Waals surface area contributed by atoms with Gasteiger partial charge in [0.15, 0.2) is 0 Å². The van der Waals surface area contributed by atoms with E-state index in [2.05, 4.69) is 43.0 Å². The van der Waals surface area contributed by atoms with Gasteiger partial charge in [-0.15, -0.1) is 11.8 Å². The maximum atomic E-state index is 13.0. The molecule has 0 radical (unpaired) electrons. The van der Waals surface area contributed by atoms with Gasteiger partial charge in [-0.3, -0.25) is 4.79 Å². The number of carbonyl (C=O) groups is 1. The van der Waals surface area contributed by atoms with Gasteiger partial charge < -0.3 is 9.80 Å². The van der Waals surface area contributed by atoms with Crippen LogP contribution in [0.2, 0.25) is 10.0 Å². The molecule has 1 amide bonds. The third-order valence-electron chi connectivity index (χ3n) is 4.63. The van der Waals surface area contributed by atoms with Crippen LogP contribution in [0.1, 0.15) is 35.1 Å². The van der Waals surface area contributed by atoms with Crippen molar-refractivity contribution < 1.29 is 4.79 Å². The second kappa shape index (κ2) is 8.55. The smallest absolute Gasteiger partial charge is 0.255 e. The van der Waals surface area contributed by atoms with Gasteiger partial charge in [-0.25, -0.2) is 0 Å². The Balaban J connectivity index is 1.81. The number of halogens is 2. The summed E-state index contributed by atoms with van der Waals surface area (Å²) in [5.41, 5.74) is 2.94. The van der Waals surface area contributed by atoms with Crippen LogP contribution in [0.15, 0.2) is 42.5 Å². The van der Waals surface area contributed by atoms with E-state index in [1.807, 2.05) is 4.90 Å². The zero-order valence-electron chi connectivity index (χ0n) is 14.9. The molecular formula is C20H22Cl2N2OS. The molecule has 0 bridgehead atoms. The zero-order chi connectivity index (χ0) is 18.7. The Morgan fingerprint density at radius 1 is 1.12 bits per heavy atom. The highest BCUT2D eigenvalue weighted by molar-refractivity contribution is 7.99. The van der Waals surface area contributed by atoms with Crippen LogP contribution in [-0.2, 0) is 0 Å². The van der Waals surface area contributed by atoms with Crippen molar-refractivity contribution in [2.75, 3.05) is 30.3 Å². The lowest BCUT2D eigenvalue weighted by Gasteiger charge is -2.26. The van der Waals surface area contributed by atoms with Crippen molar-refractivity contribution in [2.24, 2.45) is 0 Å². The van der Waals surface area contributed by atoms with Crippen molar-refractivity contribution in [2.45, 2.75) is 19.2 Å². The van der Waals surface area contributed by atoms with Crippen molar-refractivity contribution in [3.8, 4) is 0 Å². The highest BCUT2D eigenvalue weighted by Gasteiger charge is 2.31. The van der Waals surface area contributed by atoms with Crippen molar-refractivity contribution in [3.05, 3.63) is 63.6 Å². The van der Waals surface area contributed by atoms with Crippen LogP contribution in [0, 0.1) is 0 Å². The minimum absolute atomic E-state index is 0.00798. The number of rotatable bonds is 5. The summed E-state index contributed by atoms with van der Waals surface area (Å²) in [7, 11) is 0. The predicted octanol–water partition coefficient (Wildman–Crippen LogP) is 5.73. The van der Waals surface area contributed by atoms with E-state index in [9.17, 15) is 4.79 Å². The minimum Gasteiger partial charge on any atom is -0.372 e. The Morgan fingerprint density at radius 2 is 1.81 bits per heavy atom. The molecule has 1 unspecified atom stereocenters. The molecule has 1 aliphatic rings. The molecule has 0 aromatic heterocycles. The van der Waals surface area contributed by atoms with Crippen LogP contribution >= 0.6 is 35.0 Å². The van der Waals surface area contributed by atoms with Gasteiger partial charge in [0.1, 0.15) is 5.37 Å². The van der Waals surface area contributed by atoms with E-state index in [1.54, 1.807) is 30.0 Å². The highest BCUT2D eigenvalue weighted by atomic mass is 35.5. The molecule has 1 fully saturated rings. The topological polar surface area (TPSA) is 23.6 Å². The molecule has 1 atom stereocenters. The van der Waals surface area contributed by atoms with Gasteiger partial charge in [0.2, 0.25) is 0 Å². The zero-order valence-corrected chi connectivity index (χ0v) is 17.2. The molecule has 0 aliphatic carbocycles. The maximum Gasteiger partial charge on any atom is 0.255 e. The lowest BCUT2D eigenvalue weighted by atomic mass is 10.1. The molecule has 0 spiro atoms. The highest BCUT2D eigenvalue weighted by Crippen LogP contribution is 2.39. The Kier molecular flexibility index (Phi) is 6.38. The number of benzene rings is 2. The number of hydrogen-bond acceptors (Lipinski definition) is 3. The molecule has 3 nitrogen and oxygen atoms in total. The summed E-state index contributed by atoms with van der Waals surface area (Å²) in [6.07, 6.45) is 0. The lowest BCUT2D eigenvalue weighted by molar-refractivity contribution is 0.0760. The summed E-state index contributed by atoms with van der Waals surface area (Å²) < 4.78 is 0. The fraction of sp³-hybridized carbons (Fsp3) is 0.350. The van der Waals surface area contributed by atoms with Gasteiger partial charge in [-0.05, 0) is 49.7 Å². The molecule has 0 N–H and O–H groups in total. The first-order valence-corrected chi connectivity index (χ1v) is 10.6. The van der Waals surface area contributed by atoms with Crippen molar-refractivity contribution in [3.63, 3.8) is 0 Å². The van der Waals surface area contributed by atoms with Gasteiger partial charge in [-0.1, -0.05) is 35.3 Å². The van der Waals surface area contributed by atoms with Crippen molar-refractivity contribution >= 4 is 46.6 Å². The Bertz CT molecular complexity index is 778. The van der Waals surface area contributed by atoms with E-state index in [1.165, 1.54) is 5.69 Å². The molecule has 1 saturated heterocycles. The molecule has 26 heavy (non-hydrogen) atoms. The predicted molar refractivity (Wildman–Crippen MR) is 113 cm³/mol. The summed E-state index contributed by atoms with van der Waals surface area (Å²) in [5.74, 6) is 0.918. The third kappa shape index (κ3) is 3.98. The molecule has 1 aliphatic heterocycles. The van der Waals surface area contributed by atoms with Gasteiger partial charge in [0.05, 0.1) is 10.0 Å². The number of anilines is 1. The molecule has 0 saturated carbocycles. The molecule has 2 aromatic rings. The van der Waals surface area contributed by atoms with E-state index >= 15 is 0 Å². The fourth-order valence-electron chi connectivity index (χ4n) is 3.19. The number of amides is 1. The van der Waals surface area contributed by atoms with Crippen LogP contribution in [0.4, 0.5) is 5.69 Å². The molecule has 3 rings (SSSR count). The summed E-state index contributed by atoms with van der Waals surface area (Å²) >= 11 is 13.8. The normalized spacial score (nSPS) is 16.8. The van der Waals surface area contributed by atoms with E-state index in [4.69, 9.17) is 23.2 Å². The van der Waals surface area contributed by atoms with E-state index in [-0.39, 0.29) is 11.3 Å². The number of hydrogen-bond donors (Lipinski definition) is 0. The fourth-order valence-corrected chi connectivity index (χ4v) is 4.74. The van der Waals surface area contributed by atoms with Crippen LogP contribution in [0.3, 0.4) is 0 Å². The standard InChI is InChI=1S/C20H22Cl2N2OS/c1-3-23(4-2)16-8-5-14(6-9-16)20-24(11-12-26-20)19(25)15-7-10-17(21)18(22)13-15/h5-10,13,20H,3-4,11-12H2,1-2H3. The second-order valence-electron chi connectivity index (χ2n) is 6.11. The first-order valence-electron chi connectivity index (χ1n) is 8.77. The SMILES string of the molecule is CCN(CC)c1ccc(C2SCCN2C(=O)c2ccc(Cl)c(Cl)c2)cc1. The average Bonchev–Trinajstić information content (AvgIpc) is 3.15. The van der Waals surface area contributed by atoms with Gasteiger partial charge in [0.25, 0.3) is 5.91 Å². The quantitative estimate of drug-likeness (QED) is 0.630. The summed E-state index contributed by atoms with van der Waals surface area (Å²) in [6, 6.07) is 13.6. The third-order valence-corrected chi connectivity index (χ3v) is 6.62.